The first-order valence-electron chi connectivity index (χ1n) is 7.04. The Morgan fingerprint density at radius 2 is 2.05 bits per heavy atom. The topological polar surface area (TPSA) is 60.2 Å². The maximum absolute atomic E-state index is 10.0. The molecule has 0 saturated heterocycles. The van der Waals surface area contributed by atoms with Gasteiger partial charge in [0, 0.05) is 10.4 Å². The Morgan fingerprint density at radius 1 is 1.18 bits per heavy atom. The highest BCUT2D eigenvalue weighted by molar-refractivity contribution is 7.09. The quantitative estimate of drug-likeness (QED) is 0.728. The number of hydrogen-bond acceptors (Lipinski definition) is 5. The van der Waals surface area contributed by atoms with Crippen molar-refractivity contribution >= 4 is 11.3 Å². The summed E-state index contributed by atoms with van der Waals surface area (Å²) < 4.78 is 7.14. The molecule has 0 aliphatic carbocycles. The minimum Gasteiger partial charge on any atom is -0.389 e. The molecule has 2 heterocycles. The predicted octanol–water partition coefficient (Wildman–Crippen LogP) is 2.58. The van der Waals surface area contributed by atoms with E-state index in [1.54, 1.807) is 22.3 Å². The van der Waals surface area contributed by atoms with E-state index in [1.165, 1.54) is 0 Å². The highest BCUT2D eigenvalue weighted by Gasteiger charge is 2.09. The number of nitrogens with zero attached hydrogens (tertiary/aromatic N) is 3. The summed E-state index contributed by atoms with van der Waals surface area (Å²) in [6.45, 7) is 1.17. The van der Waals surface area contributed by atoms with Crippen LogP contribution in [-0.4, -0.2) is 32.6 Å². The lowest BCUT2D eigenvalue weighted by Crippen LogP contribution is -2.22. The molecule has 0 spiro atoms. The number of thiophene rings is 1. The lowest BCUT2D eigenvalue weighted by atomic mass is 10.2. The molecule has 0 radical (unpaired) electrons. The Morgan fingerprint density at radius 3 is 2.82 bits per heavy atom. The summed E-state index contributed by atoms with van der Waals surface area (Å²) in [5, 5.41) is 16.4. The maximum Gasteiger partial charge on any atom is 0.181 e. The summed E-state index contributed by atoms with van der Waals surface area (Å²) in [5.74, 6) is 0.660. The lowest BCUT2D eigenvalue weighted by molar-refractivity contribution is 0.0196. The van der Waals surface area contributed by atoms with Gasteiger partial charge >= 0.3 is 0 Å². The third-order valence-electron chi connectivity index (χ3n) is 3.10. The van der Waals surface area contributed by atoms with E-state index < -0.39 is 6.10 Å². The Balaban J connectivity index is 1.49. The van der Waals surface area contributed by atoms with Gasteiger partial charge in [-0.3, -0.25) is 0 Å². The molecule has 114 valence electrons. The van der Waals surface area contributed by atoms with Crippen molar-refractivity contribution in [1.82, 2.24) is 14.8 Å². The standard InChI is InChI=1S/C16H17N3O2S/c20-14(10-21-11-15-7-4-8-22-15)9-19-12-17-16(18-19)13-5-2-1-3-6-13/h1-8,12,14,20H,9-11H2. The molecule has 0 bridgehead atoms. The Hall–Kier alpha value is -2.02. The number of rotatable bonds is 7. The Bertz CT molecular complexity index is 683. The van der Waals surface area contributed by atoms with Crippen LogP contribution in [0, 0.1) is 0 Å². The van der Waals surface area contributed by atoms with Crippen molar-refractivity contribution < 1.29 is 9.84 Å². The first-order valence-corrected chi connectivity index (χ1v) is 7.92. The monoisotopic (exact) mass is 315 g/mol. The summed E-state index contributed by atoms with van der Waals surface area (Å²) >= 11 is 1.65. The summed E-state index contributed by atoms with van der Waals surface area (Å²) in [6.07, 6.45) is 1.02. The molecule has 5 nitrogen and oxygen atoms in total. The molecule has 1 unspecified atom stereocenters. The molecule has 2 aromatic heterocycles. The van der Waals surface area contributed by atoms with E-state index in [2.05, 4.69) is 10.1 Å². The van der Waals surface area contributed by atoms with Gasteiger partial charge in [-0.25, -0.2) is 9.67 Å². The largest absolute Gasteiger partial charge is 0.389 e. The zero-order valence-electron chi connectivity index (χ0n) is 12.0. The van der Waals surface area contributed by atoms with Crippen molar-refractivity contribution in [2.24, 2.45) is 0 Å². The van der Waals surface area contributed by atoms with Crippen molar-refractivity contribution in [3.05, 3.63) is 59.0 Å². The number of ether oxygens (including phenoxy) is 1. The van der Waals surface area contributed by atoms with E-state index in [1.807, 2.05) is 47.8 Å². The van der Waals surface area contributed by atoms with E-state index in [0.29, 0.717) is 19.0 Å². The second kappa shape index (κ2) is 7.31. The van der Waals surface area contributed by atoms with Crippen LogP contribution in [0.2, 0.25) is 0 Å². The molecule has 3 aromatic rings. The minimum atomic E-state index is -0.606. The van der Waals surface area contributed by atoms with Gasteiger partial charge < -0.3 is 9.84 Å². The van der Waals surface area contributed by atoms with E-state index in [4.69, 9.17) is 4.74 Å². The average Bonchev–Trinajstić information content (AvgIpc) is 3.20. The summed E-state index contributed by atoms with van der Waals surface area (Å²) in [6, 6.07) is 13.8. The maximum atomic E-state index is 10.0. The van der Waals surface area contributed by atoms with Crippen LogP contribution in [0.4, 0.5) is 0 Å². The molecule has 0 fully saturated rings. The Kier molecular flexibility index (Phi) is 4.95. The molecule has 0 amide bonds. The van der Waals surface area contributed by atoms with Gasteiger partial charge in [-0.2, -0.15) is 5.10 Å². The van der Waals surface area contributed by atoms with Crippen LogP contribution in [0.1, 0.15) is 4.88 Å². The van der Waals surface area contributed by atoms with Gasteiger partial charge in [0.15, 0.2) is 5.82 Å². The molecule has 0 aliphatic heterocycles. The number of aliphatic hydroxyl groups excluding tert-OH is 1. The number of benzene rings is 1. The Labute approximate surface area is 132 Å². The predicted molar refractivity (Wildman–Crippen MR) is 85.4 cm³/mol. The zero-order chi connectivity index (χ0) is 15.2. The first kappa shape index (κ1) is 14.9. The molecule has 1 atom stereocenters. The molecule has 0 aliphatic rings. The van der Waals surface area contributed by atoms with Crippen molar-refractivity contribution in [2.75, 3.05) is 6.61 Å². The molecule has 6 heteroatoms. The van der Waals surface area contributed by atoms with Crippen LogP contribution in [0.3, 0.4) is 0 Å². The van der Waals surface area contributed by atoms with E-state index >= 15 is 0 Å². The van der Waals surface area contributed by atoms with Crippen molar-refractivity contribution in [3.63, 3.8) is 0 Å². The highest BCUT2D eigenvalue weighted by Crippen LogP contribution is 2.13. The highest BCUT2D eigenvalue weighted by atomic mass is 32.1. The second-order valence-electron chi connectivity index (χ2n) is 4.90. The van der Waals surface area contributed by atoms with Crippen molar-refractivity contribution in [1.29, 1.82) is 0 Å². The second-order valence-corrected chi connectivity index (χ2v) is 5.94. The summed E-state index contributed by atoms with van der Waals surface area (Å²) in [7, 11) is 0. The summed E-state index contributed by atoms with van der Waals surface area (Å²) in [5.41, 5.74) is 0.963. The number of aromatic nitrogens is 3. The smallest absolute Gasteiger partial charge is 0.181 e. The van der Waals surface area contributed by atoms with Gasteiger partial charge in [0.2, 0.25) is 0 Å². The molecule has 3 rings (SSSR count). The lowest BCUT2D eigenvalue weighted by Gasteiger charge is -2.10. The van der Waals surface area contributed by atoms with Gasteiger partial charge in [-0.05, 0) is 11.4 Å². The van der Waals surface area contributed by atoms with Crippen LogP contribution in [0.5, 0.6) is 0 Å². The average molecular weight is 315 g/mol. The fraction of sp³-hybridized carbons (Fsp3) is 0.250. The van der Waals surface area contributed by atoms with Gasteiger partial charge in [-0.15, -0.1) is 11.3 Å². The number of hydrogen-bond donors (Lipinski definition) is 1. The van der Waals surface area contributed by atoms with Crippen LogP contribution in [-0.2, 0) is 17.9 Å². The van der Waals surface area contributed by atoms with Gasteiger partial charge in [0.05, 0.1) is 25.9 Å². The fourth-order valence-electron chi connectivity index (χ4n) is 2.06. The summed E-state index contributed by atoms with van der Waals surface area (Å²) in [4.78, 5) is 5.41. The fourth-order valence-corrected chi connectivity index (χ4v) is 2.70. The van der Waals surface area contributed by atoms with Crippen LogP contribution < -0.4 is 0 Å². The normalized spacial score (nSPS) is 12.4. The number of aliphatic hydroxyl groups is 1. The molecule has 1 aromatic carbocycles. The van der Waals surface area contributed by atoms with Crippen LogP contribution >= 0.6 is 11.3 Å². The zero-order valence-corrected chi connectivity index (χ0v) is 12.8. The van der Waals surface area contributed by atoms with Crippen molar-refractivity contribution in [3.8, 4) is 11.4 Å². The molecular formula is C16H17N3O2S. The van der Waals surface area contributed by atoms with Gasteiger partial charge in [0.25, 0.3) is 0 Å². The van der Waals surface area contributed by atoms with Gasteiger partial charge in [-0.1, -0.05) is 36.4 Å². The van der Waals surface area contributed by atoms with Crippen LogP contribution in [0.25, 0.3) is 11.4 Å². The first-order chi connectivity index (χ1) is 10.8. The van der Waals surface area contributed by atoms with E-state index in [0.717, 1.165) is 10.4 Å². The third kappa shape index (κ3) is 4.00. The molecule has 22 heavy (non-hydrogen) atoms. The van der Waals surface area contributed by atoms with Gasteiger partial charge in [0.1, 0.15) is 6.33 Å². The molecule has 0 saturated carbocycles. The minimum absolute atomic E-state index is 0.276. The third-order valence-corrected chi connectivity index (χ3v) is 3.95. The van der Waals surface area contributed by atoms with Crippen LogP contribution in [0.15, 0.2) is 54.2 Å². The molecular weight excluding hydrogens is 298 g/mol. The van der Waals surface area contributed by atoms with E-state index in [-0.39, 0.29) is 6.61 Å². The molecule has 1 N–H and O–H groups in total. The van der Waals surface area contributed by atoms with E-state index in [9.17, 15) is 5.11 Å². The SMILES string of the molecule is OC(COCc1cccs1)Cn1cnc(-c2ccccc2)n1. The van der Waals surface area contributed by atoms with Crippen molar-refractivity contribution in [2.45, 2.75) is 19.3 Å².